The fraction of sp³-hybridized carbons (Fsp3) is 0.389. The van der Waals surface area contributed by atoms with Crippen molar-refractivity contribution in [1.29, 1.82) is 0 Å². The summed E-state index contributed by atoms with van der Waals surface area (Å²) in [5.74, 6) is 1.03. The van der Waals surface area contributed by atoms with Crippen molar-refractivity contribution in [2.24, 2.45) is 4.99 Å². The smallest absolute Gasteiger partial charge is 0.252 e. The molecule has 0 aromatic carbocycles. The quantitative estimate of drug-likeness (QED) is 0.795. The fourth-order valence-corrected chi connectivity index (χ4v) is 4.17. The van der Waals surface area contributed by atoms with Crippen LogP contribution in [0.25, 0.3) is 0 Å². The van der Waals surface area contributed by atoms with Crippen LogP contribution in [-0.4, -0.2) is 50.8 Å². The number of carbonyl (C=O) groups is 1. The SMILES string of the molecule is O=C(NCc1cc(=O)[nH]c(N2CCCC2)n1)[C@@H]1CSC(c2ccncc2)=N1. The summed E-state index contributed by atoms with van der Waals surface area (Å²) in [4.78, 5) is 42.2. The summed E-state index contributed by atoms with van der Waals surface area (Å²) in [6, 6.07) is 4.76. The number of aliphatic imine (C=N–C) groups is 1. The maximum atomic E-state index is 12.5. The molecule has 0 spiro atoms. The van der Waals surface area contributed by atoms with E-state index in [9.17, 15) is 9.59 Å². The number of anilines is 1. The molecule has 0 saturated carbocycles. The minimum Gasteiger partial charge on any atom is -0.349 e. The van der Waals surface area contributed by atoms with Gasteiger partial charge in [0.15, 0.2) is 0 Å². The minimum absolute atomic E-state index is 0.156. The monoisotopic (exact) mass is 384 g/mol. The molecule has 2 aromatic rings. The second-order valence-electron chi connectivity index (χ2n) is 6.47. The highest BCUT2D eigenvalue weighted by atomic mass is 32.2. The molecule has 2 N–H and O–H groups in total. The van der Waals surface area contributed by atoms with Crippen molar-refractivity contribution in [2.75, 3.05) is 23.7 Å². The maximum absolute atomic E-state index is 12.5. The van der Waals surface area contributed by atoms with Gasteiger partial charge in [-0.3, -0.25) is 24.5 Å². The van der Waals surface area contributed by atoms with Gasteiger partial charge in [-0.05, 0) is 25.0 Å². The number of aromatic amines is 1. The Balaban J connectivity index is 1.40. The molecule has 0 aliphatic carbocycles. The van der Waals surface area contributed by atoms with Crippen LogP contribution in [0.3, 0.4) is 0 Å². The van der Waals surface area contributed by atoms with E-state index in [1.54, 1.807) is 24.2 Å². The van der Waals surface area contributed by atoms with E-state index in [2.05, 4.69) is 30.2 Å². The first-order valence-corrected chi connectivity index (χ1v) is 9.91. The van der Waals surface area contributed by atoms with Crippen LogP contribution in [0.1, 0.15) is 24.1 Å². The number of hydrogen-bond donors (Lipinski definition) is 2. The van der Waals surface area contributed by atoms with Gasteiger partial charge < -0.3 is 10.2 Å². The molecule has 1 atom stereocenters. The molecule has 4 rings (SSSR count). The molecule has 140 valence electrons. The summed E-state index contributed by atoms with van der Waals surface area (Å²) in [5.41, 5.74) is 1.32. The van der Waals surface area contributed by atoms with Crippen molar-refractivity contribution in [1.82, 2.24) is 20.3 Å². The van der Waals surface area contributed by atoms with Gasteiger partial charge in [-0.25, -0.2) is 4.98 Å². The number of aromatic nitrogens is 3. The standard InChI is InChI=1S/C18H20N6O2S/c25-15-9-13(21-18(23-15)24-7-1-2-8-24)10-20-16(26)14-11-27-17(22-14)12-3-5-19-6-4-12/h3-6,9,14H,1-2,7-8,10-11H2,(H,20,26)(H,21,23,25)/t14-/m0/s1. The van der Waals surface area contributed by atoms with Crippen molar-refractivity contribution in [3.63, 3.8) is 0 Å². The Kier molecular flexibility index (Phi) is 5.19. The zero-order chi connectivity index (χ0) is 18.6. The largest absolute Gasteiger partial charge is 0.349 e. The number of nitrogens with zero attached hydrogens (tertiary/aromatic N) is 4. The minimum atomic E-state index is -0.432. The molecular formula is C18H20N6O2S. The number of rotatable bonds is 5. The third-order valence-electron chi connectivity index (χ3n) is 4.51. The summed E-state index contributed by atoms with van der Waals surface area (Å²) in [6.07, 6.45) is 5.62. The highest BCUT2D eigenvalue weighted by molar-refractivity contribution is 8.14. The van der Waals surface area contributed by atoms with Gasteiger partial charge in [-0.2, -0.15) is 0 Å². The lowest BCUT2D eigenvalue weighted by molar-refractivity contribution is -0.121. The van der Waals surface area contributed by atoms with Crippen molar-refractivity contribution in [2.45, 2.75) is 25.4 Å². The third-order valence-corrected chi connectivity index (χ3v) is 5.61. The summed E-state index contributed by atoms with van der Waals surface area (Å²) < 4.78 is 0. The van der Waals surface area contributed by atoms with Crippen LogP contribution >= 0.6 is 11.8 Å². The molecule has 8 nitrogen and oxygen atoms in total. The second kappa shape index (κ2) is 7.91. The predicted molar refractivity (Wildman–Crippen MR) is 105 cm³/mol. The van der Waals surface area contributed by atoms with Gasteiger partial charge in [0.2, 0.25) is 11.9 Å². The molecule has 0 bridgehead atoms. The average Bonchev–Trinajstić information content (AvgIpc) is 3.38. The van der Waals surface area contributed by atoms with E-state index in [1.807, 2.05) is 12.1 Å². The number of pyridine rings is 1. The van der Waals surface area contributed by atoms with Gasteiger partial charge in [0.1, 0.15) is 6.04 Å². The van der Waals surface area contributed by atoms with Crippen LogP contribution in [0.4, 0.5) is 5.95 Å². The average molecular weight is 384 g/mol. The Labute approximate surface area is 160 Å². The molecule has 1 amide bonds. The van der Waals surface area contributed by atoms with Gasteiger partial charge in [0, 0.05) is 42.9 Å². The molecule has 2 aliphatic heterocycles. The molecule has 1 fully saturated rings. The molecule has 0 radical (unpaired) electrons. The van der Waals surface area contributed by atoms with Gasteiger partial charge in [-0.1, -0.05) is 0 Å². The lowest BCUT2D eigenvalue weighted by Crippen LogP contribution is -2.34. The van der Waals surface area contributed by atoms with Crippen molar-refractivity contribution in [3.05, 3.63) is 52.2 Å². The second-order valence-corrected chi connectivity index (χ2v) is 7.48. The zero-order valence-corrected chi connectivity index (χ0v) is 15.5. The highest BCUT2D eigenvalue weighted by Gasteiger charge is 2.25. The van der Waals surface area contributed by atoms with Gasteiger partial charge in [0.05, 0.1) is 17.3 Å². The fourth-order valence-electron chi connectivity index (χ4n) is 3.12. The predicted octanol–water partition coefficient (Wildman–Crippen LogP) is 0.944. The van der Waals surface area contributed by atoms with E-state index in [1.165, 1.54) is 6.07 Å². The van der Waals surface area contributed by atoms with E-state index >= 15 is 0 Å². The first-order valence-electron chi connectivity index (χ1n) is 8.93. The number of nitrogens with one attached hydrogen (secondary N) is 2. The molecular weight excluding hydrogens is 364 g/mol. The molecule has 2 aromatic heterocycles. The molecule has 0 unspecified atom stereocenters. The maximum Gasteiger partial charge on any atom is 0.252 e. The Morgan fingerprint density at radius 3 is 2.85 bits per heavy atom. The van der Waals surface area contributed by atoms with Crippen molar-refractivity contribution < 1.29 is 4.79 Å². The zero-order valence-electron chi connectivity index (χ0n) is 14.7. The molecule has 4 heterocycles. The first-order chi connectivity index (χ1) is 13.2. The summed E-state index contributed by atoms with van der Waals surface area (Å²) in [7, 11) is 0. The Morgan fingerprint density at radius 1 is 1.30 bits per heavy atom. The van der Waals surface area contributed by atoms with E-state index in [0.29, 0.717) is 17.4 Å². The Hall–Kier alpha value is -2.68. The highest BCUT2D eigenvalue weighted by Crippen LogP contribution is 2.23. The number of carbonyl (C=O) groups excluding carboxylic acids is 1. The van der Waals surface area contributed by atoms with Gasteiger partial charge >= 0.3 is 0 Å². The normalized spacial score (nSPS) is 19.2. The summed E-state index contributed by atoms with van der Waals surface area (Å²) in [6.45, 7) is 2.00. The van der Waals surface area contributed by atoms with Crippen LogP contribution in [-0.2, 0) is 11.3 Å². The third kappa shape index (κ3) is 4.19. The van der Waals surface area contributed by atoms with Crippen LogP contribution in [0.15, 0.2) is 40.4 Å². The van der Waals surface area contributed by atoms with E-state index in [-0.39, 0.29) is 18.0 Å². The molecule has 2 aliphatic rings. The lowest BCUT2D eigenvalue weighted by atomic mass is 10.3. The van der Waals surface area contributed by atoms with Crippen LogP contribution in [0.5, 0.6) is 0 Å². The van der Waals surface area contributed by atoms with E-state index < -0.39 is 6.04 Å². The number of thioether (sulfide) groups is 1. The van der Waals surface area contributed by atoms with Crippen molar-refractivity contribution >= 4 is 28.7 Å². The molecule has 9 heteroatoms. The summed E-state index contributed by atoms with van der Waals surface area (Å²) >= 11 is 1.56. The Bertz CT molecular complexity index is 908. The number of H-pyrrole nitrogens is 1. The van der Waals surface area contributed by atoms with Crippen LogP contribution in [0.2, 0.25) is 0 Å². The Morgan fingerprint density at radius 2 is 2.07 bits per heavy atom. The van der Waals surface area contributed by atoms with Gasteiger partial charge in [0.25, 0.3) is 5.56 Å². The van der Waals surface area contributed by atoms with E-state index in [0.717, 1.165) is 36.5 Å². The number of hydrogen-bond acceptors (Lipinski definition) is 7. The van der Waals surface area contributed by atoms with E-state index in [4.69, 9.17) is 0 Å². The van der Waals surface area contributed by atoms with Gasteiger partial charge in [-0.15, -0.1) is 11.8 Å². The van der Waals surface area contributed by atoms with Crippen molar-refractivity contribution in [3.8, 4) is 0 Å². The molecule has 1 saturated heterocycles. The van der Waals surface area contributed by atoms with Crippen LogP contribution < -0.4 is 15.8 Å². The topological polar surface area (TPSA) is 103 Å². The summed E-state index contributed by atoms with van der Waals surface area (Å²) in [5, 5.41) is 3.70. The molecule has 27 heavy (non-hydrogen) atoms. The first kappa shape index (κ1) is 17.7. The lowest BCUT2D eigenvalue weighted by Gasteiger charge is -2.16. The number of amides is 1. The van der Waals surface area contributed by atoms with Crippen LogP contribution in [0, 0.1) is 0 Å².